The van der Waals surface area contributed by atoms with Crippen molar-refractivity contribution in [2.75, 3.05) is 0 Å². The van der Waals surface area contributed by atoms with Gasteiger partial charge in [-0.15, -0.1) is 0 Å². The van der Waals surface area contributed by atoms with E-state index in [-0.39, 0.29) is 23.5 Å². The Morgan fingerprint density at radius 3 is 1.49 bits per heavy atom. The van der Waals surface area contributed by atoms with Crippen LogP contribution in [0.2, 0.25) is 0 Å². The summed E-state index contributed by atoms with van der Waals surface area (Å²) < 4.78 is 142. The van der Waals surface area contributed by atoms with Gasteiger partial charge in [0, 0.05) is 11.9 Å². The molecule has 0 aromatic heterocycles. The monoisotopic (exact) mass is 685 g/mol. The van der Waals surface area contributed by atoms with Gasteiger partial charge in [0.2, 0.25) is 11.0 Å². The zero-order valence-electron chi connectivity index (χ0n) is 23.4. The summed E-state index contributed by atoms with van der Waals surface area (Å²) in [7, 11) is -4.18. The third-order valence-electron chi connectivity index (χ3n) is 8.75. The molecule has 3 aliphatic rings. The molecule has 3 fully saturated rings. The Bertz CT molecular complexity index is 1060. The number of benzene rings is 1. The standard InChI is InChI=1S/C28H36F9NO2S3/c29-25(30,26(31,32)41-38-43(39)28(35,36)37)27(33,34)42-40-24-22(19-12-6-2-7-13-19)16-21(18-10-4-1-5-11-18)17-23(24)20-14-8-3-9-15-20/h16-20,38H,1-15H2. The van der Waals surface area contributed by atoms with Crippen molar-refractivity contribution in [2.24, 2.45) is 0 Å². The second kappa shape index (κ2) is 14.3. The van der Waals surface area contributed by atoms with Crippen molar-refractivity contribution in [1.29, 1.82) is 0 Å². The smallest absolute Gasteiger partial charge is 0.419 e. The highest BCUT2D eigenvalue weighted by atomic mass is 32.2. The molecule has 0 saturated heterocycles. The molecule has 1 aromatic rings. The largest absolute Gasteiger partial charge is 0.486 e. The lowest BCUT2D eigenvalue weighted by atomic mass is 9.75. The van der Waals surface area contributed by atoms with Gasteiger partial charge in [-0.25, -0.2) is 4.21 Å². The van der Waals surface area contributed by atoms with Crippen LogP contribution in [0.4, 0.5) is 39.5 Å². The van der Waals surface area contributed by atoms with Gasteiger partial charge in [0.1, 0.15) is 17.8 Å². The van der Waals surface area contributed by atoms with Crippen molar-refractivity contribution < 1.29 is 47.9 Å². The molecule has 0 spiro atoms. The lowest BCUT2D eigenvalue weighted by Gasteiger charge is -2.33. The number of hydrogen-bond acceptors (Lipinski definition) is 4. The minimum absolute atomic E-state index is 0.0195. The van der Waals surface area contributed by atoms with Crippen LogP contribution in [0, 0.1) is 0 Å². The quantitative estimate of drug-likeness (QED) is 0.143. The van der Waals surface area contributed by atoms with E-state index in [0.29, 0.717) is 15.3 Å². The Morgan fingerprint density at radius 1 is 0.651 bits per heavy atom. The second-order valence-corrected chi connectivity index (χ2v) is 14.9. The maximum absolute atomic E-state index is 14.9. The van der Waals surface area contributed by atoms with E-state index >= 15 is 0 Å². The van der Waals surface area contributed by atoms with Gasteiger partial charge in [0.05, 0.1) is 0 Å². The summed E-state index contributed by atoms with van der Waals surface area (Å²) in [6.07, 6.45) is 13.8. The molecule has 3 nitrogen and oxygen atoms in total. The fraction of sp³-hybridized carbons (Fsp3) is 0.786. The van der Waals surface area contributed by atoms with Crippen LogP contribution in [-0.2, 0) is 11.0 Å². The first-order valence-electron chi connectivity index (χ1n) is 14.7. The fourth-order valence-corrected chi connectivity index (χ4v) is 8.45. The van der Waals surface area contributed by atoms with Crippen LogP contribution in [0.1, 0.15) is 131 Å². The van der Waals surface area contributed by atoms with E-state index in [9.17, 15) is 43.7 Å². The molecule has 1 aromatic carbocycles. The Balaban J connectivity index is 1.66. The van der Waals surface area contributed by atoms with Crippen LogP contribution < -0.4 is 8.31 Å². The molecule has 4 rings (SSSR count). The van der Waals surface area contributed by atoms with E-state index in [2.05, 4.69) is 0 Å². The number of rotatable bonds is 11. The van der Waals surface area contributed by atoms with Crippen LogP contribution >= 0.6 is 24.0 Å². The highest BCUT2D eigenvalue weighted by Gasteiger charge is 2.74. The maximum atomic E-state index is 14.9. The highest BCUT2D eigenvalue weighted by Crippen LogP contribution is 2.56. The maximum Gasteiger partial charge on any atom is 0.486 e. The third kappa shape index (κ3) is 8.33. The van der Waals surface area contributed by atoms with Crippen LogP contribution in [-0.4, -0.2) is 26.1 Å². The topological polar surface area (TPSA) is 38.3 Å². The van der Waals surface area contributed by atoms with E-state index in [0.717, 1.165) is 102 Å². The van der Waals surface area contributed by atoms with Gasteiger partial charge in [0.25, 0.3) is 0 Å². The molecular weight excluding hydrogens is 649 g/mol. The molecule has 1 atom stereocenters. The normalized spacial score (nSPS) is 21.6. The minimum Gasteiger partial charge on any atom is -0.419 e. The molecule has 1 N–H and O–H groups in total. The Morgan fingerprint density at radius 2 is 1.07 bits per heavy atom. The molecule has 0 radical (unpaired) electrons. The lowest BCUT2D eigenvalue weighted by Crippen LogP contribution is -2.52. The molecule has 3 saturated carbocycles. The van der Waals surface area contributed by atoms with Crippen LogP contribution in [0.15, 0.2) is 12.1 Å². The first-order valence-corrected chi connectivity index (χ1v) is 17.4. The molecular formula is C28H36F9NO2S3. The molecule has 0 bridgehead atoms. The van der Waals surface area contributed by atoms with E-state index < -0.39 is 56.9 Å². The molecule has 246 valence electrons. The summed E-state index contributed by atoms with van der Waals surface area (Å²) in [5.41, 5.74) is -3.22. The average Bonchev–Trinajstić information content (AvgIpc) is 2.99. The molecule has 0 aliphatic heterocycles. The van der Waals surface area contributed by atoms with Crippen molar-refractivity contribution in [3.8, 4) is 5.75 Å². The van der Waals surface area contributed by atoms with Gasteiger partial charge < -0.3 is 4.18 Å². The van der Waals surface area contributed by atoms with Crippen LogP contribution in [0.25, 0.3) is 0 Å². The average molecular weight is 686 g/mol. The second-order valence-electron chi connectivity index (χ2n) is 11.7. The van der Waals surface area contributed by atoms with Gasteiger partial charge in [-0.1, -0.05) is 69.9 Å². The zero-order chi connectivity index (χ0) is 31.5. The summed E-state index contributed by atoms with van der Waals surface area (Å²) in [4.78, 5) is 0. The first kappa shape index (κ1) is 35.1. The van der Waals surface area contributed by atoms with Crippen molar-refractivity contribution >= 4 is 35.0 Å². The summed E-state index contributed by atoms with van der Waals surface area (Å²) in [6, 6.07) is 3.87. The van der Waals surface area contributed by atoms with Crippen LogP contribution in [0.5, 0.6) is 5.75 Å². The van der Waals surface area contributed by atoms with Crippen molar-refractivity contribution in [2.45, 2.75) is 136 Å². The Labute approximate surface area is 257 Å². The van der Waals surface area contributed by atoms with Crippen molar-refractivity contribution in [3.05, 3.63) is 28.8 Å². The van der Waals surface area contributed by atoms with Crippen LogP contribution in [0.3, 0.4) is 0 Å². The van der Waals surface area contributed by atoms with E-state index in [1.165, 1.54) is 0 Å². The minimum atomic E-state index is -6.17. The Hall–Kier alpha value is -0.800. The third-order valence-corrected chi connectivity index (χ3v) is 11.3. The number of hydrogen-bond donors (Lipinski definition) is 1. The first-order chi connectivity index (χ1) is 20.1. The SMILES string of the molecule is O=S(NSC(F)(F)C(F)(F)C(F)(F)SOc1c(C2CCCCC2)cc(C2CCCCC2)cc1C1CCCCC1)C(F)(F)F. The van der Waals surface area contributed by atoms with Gasteiger partial charge in [0.15, 0.2) is 0 Å². The summed E-state index contributed by atoms with van der Waals surface area (Å²) in [5, 5.41) is -11.3. The van der Waals surface area contributed by atoms with Gasteiger partial charge in [-0.3, -0.25) is 0 Å². The number of halogens is 9. The van der Waals surface area contributed by atoms with Crippen molar-refractivity contribution in [1.82, 2.24) is 4.13 Å². The lowest BCUT2D eigenvalue weighted by molar-refractivity contribution is -0.238. The predicted octanol–water partition coefficient (Wildman–Crippen LogP) is 11.1. The molecule has 43 heavy (non-hydrogen) atoms. The molecule has 0 heterocycles. The summed E-state index contributed by atoms with van der Waals surface area (Å²) in [5.74, 6) is -6.01. The summed E-state index contributed by atoms with van der Waals surface area (Å²) in [6.45, 7) is 0. The molecule has 1 unspecified atom stereocenters. The number of alkyl halides is 9. The van der Waals surface area contributed by atoms with E-state index in [1.54, 1.807) is 0 Å². The van der Waals surface area contributed by atoms with Gasteiger partial charge in [-0.05, 0) is 73.0 Å². The Kier molecular flexibility index (Phi) is 11.7. The highest BCUT2D eigenvalue weighted by molar-refractivity contribution is 8.08. The molecule has 0 amide bonds. The number of nitrogens with one attached hydrogen (secondary N) is 1. The van der Waals surface area contributed by atoms with Crippen molar-refractivity contribution in [3.63, 3.8) is 0 Å². The zero-order valence-corrected chi connectivity index (χ0v) is 25.9. The fourth-order valence-electron chi connectivity index (χ4n) is 6.42. The van der Waals surface area contributed by atoms with Gasteiger partial charge >= 0.3 is 21.9 Å². The molecule has 15 heteroatoms. The molecule has 3 aliphatic carbocycles. The van der Waals surface area contributed by atoms with Gasteiger partial charge in [-0.2, -0.15) is 43.6 Å². The van der Waals surface area contributed by atoms with E-state index in [4.69, 9.17) is 4.18 Å². The van der Waals surface area contributed by atoms with E-state index in [1.807, 2.05) is 12.1 Å². The predicted molar refractivity (Wildman–Crippen MR) is 152 cm³/mol. The summed E-state index contributed by atoms with van der Waals surface area (Å²) >= 11 is -2.76.